The highest BCUT2D eigenvalue weighted by Gasteiger charge is 2.04. The van der Waals surface area contributed by atoms with E-state index in [4.69, 9.17) is 4.52 Å². The van der Waals surface area contributed by atoms with Crippen LogP contribution >= 0.6 is 0 Å². The molecular weight excluding hydrogens is 212 g/mol. The van der Waals surface area contributed by atoms with Crippen LogP contribution in [0.2, 0.25) is 0 Å². The van der Waals surface area contributed by atoms with Gasteiger partial charge in [0.25, 0.3) is 0 Å². The molecule has 3 amide bonds. The molecule has 0 aliphatic rings. The average molecular weight is 226 g/mol. The van der Waals surface area contributed by atoms with Crippen molar-refractivity contribution in [3.8, 4) is 0 Å². The third kappa shape index (κ3) is 4.45. The topological polar surface area (TPSA) is 96.3 Å². The maximum absolute atomic E-state index is 11.2. The Kier molecular flexibility index (Phi) is 4.31. The summed E-state index contributed by atoms with van der Waals surface area (Å²) in [7, 11) is 0. The molecule has 0 saturated carbocycles. The van der Waals surface area contributed by atoms with Crippen molar-refractivity contribution in [1.82, 2.24) is 15.8 Å². The van der Waals surface area contributed by atoms with E-state index < -0.39 is 6.03 Å². The summed E-state index contributed by atoms with van der Waals surface area (Å²) in [4.78, 5) is 21.8. The van der Waals surface area contributed by atoms with Crippen molar-refractivity contribution in [1.29, 1.82) is 0 Å². The standard InChI is InChI=1S/C9H14N4O3/c1-6-5-8(13-16-6)12-9(15)11-4-3-10-7(2)14/h5H,3-4H2,1-2H3,(H,10,14)(H2,11,12,13,15). The number of rotatable bonds is 4. The van der Waals surface area contributed by atoms with Gasteiger partial charge < -0.3 is 15.2 Å². The molecule has 16 heavy (non-hydrogen) atoms. The lowest BCUT2D eigenvalue weighted by atomic mass is 10.5. The lowest BCUT2D eigenvalue weighted by Gasteiger charge is -2.05. The molecule has 3 N–H and O–H groups in total. The molecule has 0 atom stereocenters. The van der Waals surface area contributed by atoms with Gasteiger partial charge in [0.05, 0.1) is 0 Å². The second kappa shape index (κ2) is 5.74. The molecule has 0 unspecified atom stereocenters. The van der Waals surface area contributed by atoms with E-state index in [2.05, 4.69) is 21.1 Å². The molecule has 0 fully saturated rings. The number of carbonyl (C=O) groups is 2. The Balaban J connectivity index is 2.18. The number of aryl methyl sites for hydroxylation is 1. The maximum Gasteiger partial charge on any atom is 0.320 e. The fourth-order valence-corrected chi connectivity index (χ4v) is 1.00. The van der Waals surface area contributed by atoms with Crippen LogP contribution in [0, 0.1) is 6.92 Å². The number of carbonyl (C=O) groups excluding carboxylic acids is 2. The number of urea groups is 1. The molecule has 88 valence electrons. The normalized spacial score (nSPS) is 9.62. The highest BCUT2D eigenvalue weighted by molar-refractivity contribution is 5.88. The lowest BCUT2D eigenvalue weighted by molar-refractivity contribution is -0.118. The summed E-state index contributed by atoms with van der Waals surface area (Å²) in [6.07, 6.45) is 0. The summed E-state index contributed by atoms with van der Waals surface area (Å²) in [5.41, 5.74) is 0. The monoisotopic (exact) mass is 226 g/mol. The van der Waals surface area contributed by atoms with Crippen molar-refractivity contribution in [2.45, 2.75) is 13.8 Å². The highest BCUT2D eigenvalue weighted by Crippen LogP contribution is 2.05. The van der Waals surface area contributed by atoms with Gasteiger partial charge in [-0.25, -0.2) is 4.79 Å². The second-order valence-corrected chi connectivity index (χ2v) is 3.19. The zero-order valence-corrected chi connectivity index (χ0v) is 9.16. The van der Waals surface area contributed by atoms with E-state index in [-0.39, 0.29) is 5.91 Å². The Labute approximate surface area is 92.6 Å². The van der Waals surface area contributed by atoms with E-state index in [0.29, 0.717) is 24.7 Å². The fraction of sp³-hybridized carbons (Fsp3) is 0.444. The van der Waals surface area contributed by atoms with E-state index >= 15 is 0 Å². The van der Waals surface area contributed by atoms with Crippen LogP contribution in [0.25, 0.3) is 0 Å². The zero-order chi connectivity index (χ0) is 12.0. The molecular formula is C9H14N4O3. The third-order valence-corrected chi connectivity index (χ3v) is 1.65. The van der Waals surface area contributed by atoms with Gasteiger partial charge in [-0.1, -0.05) is 5.16 Å². The van der Waals surface area contributed by atoms with Crippen LogP contribution in [0.3, 0.4) is 0 Å². The van der Waals surface area contributed by atoms with Crippen LogP contribution in [0.1, 0.15) is 12.7 Å². The SMILES string of the molecule is CC(=O)NCCNC(=O)Nc1cc(C)on1. The quantitative estimate of drug-likeness (QED) is 0.641. The summed E-state index contributed by atoms with van der Waals surface area (Å²) in [5.74, 6) is 0.845. The summed E-state index contributed by atoms with van der Waals surface area (Å²) < 4.78 is 4.77. The minimum Gasteiger partial charge on any atom is -0.360 e. The van der Waals surface area contributed by atoms with Crippen LogP contribution in [-0.2, 0) is 4.79 Å². The number of anilines is 1. The molecule has 7 nitrogen and oxygen atoms in total. The van der Waals surface area contributed by atoms with Gasteiger partial charge in [0.2, 0.25) is 5.91 Å². The fourth-order valence-electron chi connectivity index (χ4n) is 1.00. The Hall–Kier alpha value is -2.05. The van der Waals surface area contributed by atoms with Gasteiger partial charge in [-0.05, 0) is 6.92 Å². The number of hydrogen-bond donors (Lipinski definition) is 3. The first-order valence-electron chi connectivity index (χ1n) is 4.80. The van der Waals surface area contributed by atoms with Crippen molar-refractivity contribution in [2.24, 2.45) is 0 Å². The summed E-state index contributed by atoms with van der Waals surface area (Å²) in [6, 6.07) is 1.21. The minimum atomic E-state index is -0.390. The van der Waals surface area contributed by atoms with Crippen molar-refractivity contribution >= 4 is 17.8 Å². The molecule has 0 aromatic carbocycles. The average Bonchev–Trinajstić information content (AvgIpc) is 2.58. The van der Waals surface area contributed by atoms with Crippen LogP contribution in [-0.4, -0.2) is 30.2 Å². The summed E-state index contributed by atoms with van der Waals surface area (Å²) >= 11 is 0. The molecule has 0 aliphatic carbocycles. The minimum absolute atomic E-state index is 0.130. The van der Waals surface area contributed by atoms with Gasteiger partial charge in [0.15, 0.2) is 5.82 Å². The van der Waals surface area contributed by atoms with E-state index in [9.17, 15) is 9.59 Å². The summed E-state index contributed by atoms with van der Waals surface area (Å²) in [6.45, 7) is 3.88. The van der Waals surface area contributed by atoms with Gasteiger partial charge >= 0.3 is 6.03 Å². The smallest absolute Gasteiger partial charge is 0.320 e. The van der Waals surface area contributed by atoms with Crippen LogP contribution < -0.4 is 16.0 Å². The first-order chi connectivity index (χ1) is 7.58. The molecule has 0 saturated heterocycles. The Morgan fingerprint density at radius 2 is 2.06 bits per heavy atom. The molecule has 0 aliphatic heterocycles. The molecule has 0 spiro atoms. The number of hydrogen-bond acceptors (Lipinski definition) is 4. The second-order valence-electron chi connectivity index (χ2n) is 3.19. The predicted octanol–water partition coefficient (Wildman–Crippen LogP) is 0.241. The van der Waals surface area contributed by atoms with E-state index in [0.717, 1.165) is 0 Å². The van der Waals surface area contributed by atoms with Gasteiger partial charge in [-0.2, -0.15) is 0 Å². The molecule has 7 heteroatoms. The molecule has 0 bridgehead atoms. The Bertz CT molecular complexity index is 375. The van der Waals surface area contributed by atoms with Crippen molar-refractivity contribution in [3.05, 3.63) is 11.8 Å². The van der Waals surface area contributed by atoms with Crippen molar-refractivity contribution in [2.75, 3.05) is 18.4 Å². The molecule has 1 heterocycles. The Morgan fingerprint density at radius 3 is 2.62 bits per heavy atom. The number of aromatic nitrogens is 1. The van der Waals surface area contributed by atoms with Crippen LogP contribution in [0.15, 0.2) is 10.6 Å². The molecule has 1 aromatic heterocycles. The van der Waals surface area contributed by atoms with Gasteiger partial charge in [0, 0.05) is 26.1 Å². The van der Waals surface area contributed by atoms with Crippen LogP contribution in [0.4, 0.5) is 10.6 Å². The van der Waals surface area contributed by atoms with Crippen molar-refractivity contribution < 1.29 is 14.1 Å². The van der Waals surface area contributed by atoms with Gasteiger partial charge in [-0.15, -0.1) is 0 Å². The predicted molar refractivity (Wildman–Crippen MR) is 56.9 cm³/mol. The molecule has 0 radical (unpaired) electrons. The maximum atomic E-state index is 11.2. The van der Waals surface area contributed by atoms with Crippen LogP contribution in [0.5, 0.6) is 0 Å². The number of nitrogens with one attached hydrogen (secondary N) is 3. The van der Waals surface area contributed by atoms with E-state index in [1.807, 2.05) is 0 Å². The number of nitrogens with zero attached hydrogens (tertiary/aromatic N) is 1. The van der Waals surface area contributed by atoms with Gasteiger partial charge in [0.1, 0.15) is 5.76 Å². The van der Waals surface area contributed by atoms with Crippen molar-refractivity contribution in [3.63, 3.8) is 0 Å². The first kappa shape index (κ1) is 12.0. The van der Waals surface area contributed by atoms with E-state index in [1.54, 1.807) is 13.0 Å². The zero-order valence-electron chi connectivity index (χ0n) is 9.16. The van der Waals surface area contributed by atoms with Gasteiger partial charge in [-0.3, -0.25) is 10.1 Å². The Morgan fingerprint density at radius 1 is 1.38 bits per heavy atom. The largest absolute Gasteiger partial charge is 0.360 e. The third-order valence-electron chi connectivity index (χ3n) is 1.65. The highest BCUT2D eigenvalue weighted by atomic mass is 16.5. The van der Waals surface area contributed by atoms with E-state index in [1.165, 1.54) is 6.92 Å². The molecule has 1 rings (SSSR count). The molecule has 1 aromatic rings. The number of amides is 3. The lowest BCUT2D eigenvalue weighted by Crippen LogP contribution is -2.36. The summed E-state index contributed by atoms with van der Waals surface area (Å²) in [5, 5.41) is 11.2. The first-order valence-corrected chi connectivity index (χ1v) is 4.80.